The van der Waals surface area contributed by atoms with E-state index in [2.05, 4.69) is 9.97 Å². The van der Waals surface area contributed by atoms with Gasteiger partial charge in [-0.3, -0.25) is 4.79 Å². The van der Waals surface area contributed by atoms with Gasteiger partial charge in [0.25, 0.3) is 5.91 Å². The highest BCUT2D eigenvalue weighted by Gasteiger charge is 2.34. The van der Waals surface area contributed by atoms with E-state index in [1.54, 1.807) is 30.0 Å². The van der Waals surface area contributed by atoms with Crippen LogP contribution in [-0.4, -0.2) is 34.0 Å². The second-order valence-corrected chi connectivity index (χ2v) is 7.54. The SMILES string of the molecule is Cc1nc2ccc(C(=O)O[C@@H](C)C(=O)N3c4ccccc4C[C@@H]3C)cc2nc1C. The Morgan fingerprint density at radius 2 is 1.76 bits per heavy atom. The molecule has 1 amide bonds. The number of esters is 1. The van der Waals surface area contributed by atoms with Gasteiger partial charge in [0.1, 0.15) is 0 Å². The van der Waals surface area contributed by atoms with Crippen LogP contribution in [0.3, 0.4) is 0 Å². The van der Waals surface area contributed by atoms with E-state index in [1.807, 2.05) is 45.0 Å². The zero-order chi connectivity index (χ0) is 20.7. The third-order valence-corrected chi connectivity index (χ3v) is 5.39. The molecular formula is C23H23N3O3. The van der Waals surface area contributed by atoms with E-state index in [0.29, 0.717) is 11.1 Å². The molecule has 148 valence electrons. The van der Waals surface area contributed by atoms with Crippen molar-refractivity contribution >= 4 is 28.6 Å². The molecule has 0 fully saturated rings. The number of aromatic nitrogens is 2. The van der Waals surface area contributed by atoms with Gasteiger partial charge < -0.3 is 9.64 Å². The standard InChI is InChI=1S/C23H23N3O3/c1-13-11-17-7-5-6-8-21(17)26(13)22(27)16(4)29-23(28)18-9-10-19-20(12-18)25-15(3)14(2)24-19/h5-10,12-13,16H,11H2,1-4H3/t13-,16-/m0/s1. The molecule has 29 heavy (non-hydrogen) atoms. The van der Waals surface area contributed by atoms with Crippen molar-refractivity contribution in [1.82, 2.24) is 9.97 Å². The number of aryl methyl sites for hydroxylation is 2. The lowest BCUT2D eigenvalue weighted by molar-refractivity contribution is -0.126. The summed E-state index contributed by atoms with van der Waals surface area (Å²) >= 11 is 0. The summed E-state index contributed by atoms with van der Waals surface area (Å²) in [5.41, 5.74) is 5.38. The number of anilines is 1. The fraction of sp³-hybridized carbons (Fsp3) is 0.304. The van der Waals surface area contributed by atoms with Crippen LogP contribution >= 0.6 is 0 Å². The topological polar surface area (TPSA) is 72.4 Å². The number of amides is 1. The Morgan fingerprint density at radius 1 is 1.07 bits per heavy atom. The monoisotopic (exact) mass is 389 g/mol. The molecule has 0 saturated carbocycles. The number of hydrogen-bond acceptors (Lipinski definition) is 5. The molecular weight excluding hydrogens is 366 g/mol. The zero-order valence-electron chi connectivity index (χ0n) is 17.0. The first-order chi connectivity index (χ1) is 13.8. The van der Waals surface area contributed by atoms with Gasteiger partial charge in [-0.25, -0.2) is 14.8 Å². The van der Waals surface area contributed by atoms with Crippen molar-refractivity contribution in [3.63, 3.8) is 0 Å². The number of benzene rings is 2. The highest BCUT2D eigenvalue weighted by Crippen LogP contribution is 2.32. The van der Waals surface area contributed by atoms with Crippen LogP contribution < -0.4 is 4.90 Å². The maximum atomic E-state index is 13.0. The molecule has 0 N–H and O–H groups in total. The van der Waals surface area contributed by atoms with Crippen LogP contribution in [0.15, 0.2) is 42.5 Å². The fourth-order valence-electron chi connectivity index (χ4n) is 3.73. The molecule has 2 atom stereocenters. The van der Waals surface area contributed by atoms with Crippen molar-refractivity contribution in [1.29, 1.82) is 0 Å². The van der Waals surface area contributed by atoms with Gasteiger partial charge in [0.05, 0.1) is 28.0 Å². The largest absolute Gasteiger partial charge is 0.449 e. The van der Waals surface area contributed by atoms with E-state index in [9.17, 15) is 9.59 Å². The molecule has 0 unspecified atom stereocenters. The predicted octanol–water partition coefficient (Wildman–Crippen LogP) is 3.77. The Kier molecular flexibility index (Phi) is 4.78. The average molecular weight is 389 g/mol. The molecule has 0 radical (unpaired) electrons. The summed E-state index contributed by atoms with van der Waals surface area (Å²) in [5.74, 6) is -0.768. The molecule has 6 nitrogen and oxygen atoms in total. The third-order valence-electron chi connectivity index (χ3n) is 5.39. The lowest BCUT2D eigenvalue weighted by Gasteiger charge is -2.26. The van der Waals surface area contributed by atoms with Crippen LogP contribution in [-0.2, 0) is 16.0 Å². The minimum atomic E-state index is -0.891. The second kappa shape index (κ2) is 7.28. The molecule has 0 bridgehead atoms. The van der Waals surface area contributed by atoms with Crippen LogP contribution in [0.2, 0.25) is 0 Å². The third kappa shape index (κ3) is 3.46. The Balaban J connectivity index is 1.53. The Bertz CT molecular complexity index is 1130. The lowest BCUT2D eigenvalue weighted by atomic mass is 10.1. The summed E-state index contributed by atoms with van der Waals surface area (Å²) in [6, 6.07) is 12.9. The van der Waals surface area contributed by atoms with Gasteiger partial charge in [0.2, 0.25) is 0 Å². The molecule has 1 aliphatic rings. The minimum Gasteiger partial charge on any atom is -0.449 e. The van der Waals surface area contributed by atoms with Crippen molar-refractivity contribution in [3.05, 3.63) is 65.0 Å². The average Bonchev–Trinajstić information content (AvgIpc) is 3.03. The van der Waals surface area contributed by atoms with Gasteiger partial charge in [0, 0.05) is 11.7 Å². The van der Waals surface area contributed by atoms with E-state index >= 15 is 0 Å². The van der Waals surface area contributed by atoms with Crippen LogP contribution in [0.5, 0.6) is 0 Å². The van der Waals surface area contributed by atoms with E-state index in [0.717, 1.165) is 34.6 Å². The number of carbonyl (C=O) groups is 2. The van der Waals surface area contributed by atoms with Crippen molar-refractivity contribution in [2.75, 3.05) is 4.90 Å². The Morgan fingerprint density at radius 3 is 2.52 bits per heavy atom. The van der Waals surface area contributed by atoms with E-state index in [4.69, 9.17) is 4.74 Å². The normalized spacial score (nSPS) is 16.6. The van der Waals surface area contributed by atoms with Crippen molar-refractivity contribution in [2.45, 2.75) is 46.3 Å². The number of ether oxygens (including phenoxy) is 1. The molecule has 0 aliphatic carbocycles. The summed E-state index contributed by atoms with van der Waals surface area (Å²) < 4.78 is 5.50. The molecule has 0 saturated heterocycles. The van der Waals surface area contributed by atoms with Crippen molar-refractivity contribution < 1.29 is 14.3 Å². The molecule has 1 aliphatic heterocycles. The molecule has 6 heteroatoms. The summed E-state index contributed by atoms with van der Waals surface area (Å²) in [6.07, 6.45) is -0.0948. The fourth-order valence-corrected chi connectivity index (χ4v) is 3.73. The van der Waals surface area contributed by atoms with E-state index < -0.39 is 12.1 Å². The molecule has 2 aromatic carbocycles. The second-order valence-electron chi connectivity index (χ2n) is 7.54. The predicted molar refractivity (Wildman–Crippen MR) is 111 cm³/mol. The minimum absolute atomic E-state index is 0.0308. The molecule has 0 spiro atoms. The quantitative estimate of drug-likeness (QED) is 0.638. The first-order valence-electron chi connectivity index (χ1n) is 9.72. The first-order valence-corrected chi connectivity index (χ1v) is 9.72. The summed E-state index contributed by atoms with van der Waals surface area (Å²) in [6.45, 7) is 7.39. The number of nitrogens with zero attached hydrogens (tertiary/aromatic N) is 3. The number of hydrogen-bond donors (Lipinski definition) is 0. The highest BCUT2D eigenvalue weighted by atomic mass is 16.5. The molecule has 2 heterocycles. The van der Waals surface area contributed by atoms with Crippen LogP contribution in [0.4, 0.5) is 5.69 Å². The summed E-state index contributed by atoms with van der Waals surface area (Å²) in [5, 5.41) is 0. The molecule has 3 aromatic rings. The smallest absolute Gasteiger partial charge is 0.338 e. The molecule has 4 rings (SSSR count). The number of rotatable bonds is 3. The molecule has 1 aromatic heterocycles. The maximum absolute atomic E-state index is 13.0. The number of fused-ring (bicyclic) bond motifs is 2. The van der Waals surface area contributed by atoms with Gasteiger partial charge in [0.15, 0.2) is 6.10 Å². The van der Waals surface area contributed by atoms with Crippen molar-refractivity contribution in [3.8, 4) is 0 Å². The summed E-state index contributed by atoms with van der Waals surface area (Å²) in [4.78, 5) is 36.3. The first kappa shape index (κ1) is 19.1. The lowest BCUT2D eigenvalue weighted by Crippen LogP contribution is -2.43. The van der Waals surface area contributed by atoms with Crippen LogP contribution in [0.25, 0.3) is 11.0 Å². The maximum Gasteiger partial charge on any atom is 0.338 e. The van der Waals surface area contributed by atoms with Crippen LogP contribution in [0, 0.1) is 13.8 Å². The zero-order valence-corrected chi connectivity index (χ0v) is 17.0. The van der Waals surface area contributed by atoms with Gasteiger partial charge in [-0.15, -0.1) is 0 Å². The van der Waals surface area contributed by atoms with Gasteiger partial charge in [-0.05, 0) is 63.9 Å². The van der Waals surface area contributed by atoms with Gasteiger partial charge in [-0.2, -0.15) is 0 Å². The van der Waals surface area contributed by atoms with Gasteiger partial charge >= 0.3 is 5.97 Å². The Hall–Kier alpha value is -3.28. The highest BCUT2D eigenvalue weighted by molar-refractivity contribution is 6.01. The Labute approximate surface area is 169 Å². The number of carbonyl (C=O) groups excluding carboxylic acids is 2. The van der Waals surface area contributed by atoms with Crippen LogP contribution in [0.1, 0.15) is 41.2 Å². The van der Waals surface area contributed by atoms with Gasteiger partial charge in [-0.1, -0.05) is 18.2 Å². The number of para-hydroxylation sites is 1. The van der Waals surface area contributed by atoms with E-state index in [-0.39, 0.29) is 11.9 Å². The van der Waals surface area contributed by atoms with E-state index in [1.165, 1.54) is 0 Å². The summed E-state index contributed by atoms with van der Waals surface area (Å²) in [7, 11) is 0. The van der Waals surface area contributed by atoms with Crippen molar-refractivity contribution in [2.24, 2.45) is 0 Å².